The van der Waals surface area contributed by atoms with Crippen molar-refractivity contribution in [2.24, 2.45) is 0 Å². The Labute approximate surface area is 111 Å². The van der Waals surface area contributed by atoms with Gasteiger partial charge in [-0.2, -0.15) is 11.8 Å². The van der Waals surface area contributed by atoms with Crippen LogP contribution in [-0.2, 0) is 10.0 Å². The van der Waals surface area contributed by atoms with Crippen molar-refractivity contribution < 1.29 is 8.42 Å². The van der Waals surface area contributed by atoms with E-state index in [0.29, 0.717) is 12.2 Å². The first-order chi connectivity index (χ1) is 7.97. The molecule has 1 aromatic rings. The quantitative estimate of drug-likeness (QED) is 0.621. The van der Waals surface area contributed by atoms with Crippen molar-refractivity contribution in [3.8, 4) is 0 Å². The molecule has 0 radical (unpaired) electrons. The number of sulfonamides is 1. The minimum Gasteiger partial charge on any atom is -0.399 e. The topological polar surface area (TPSA) is 72.2 Å². The van der Waals surface area contributed by atoms with E-state index in [1.165, 1.54) is 18.2 Å². The molecule has 1 aromatic carbocycles. The molecule has 0 atom stereocenters. The van der Waals surface area contributed by atoms with Gasteiger partial charge in [-0.3, -0.25) is 0 Å². The van der Waals surface area contributed by atoms with E-state index in [0.717, 1.165) is 12.2 Å². The predicted molar refractivity (Wildman–Crippen MR) is 74.1 cm³/mol. The highest BCUT2D eigenvalue weighted by Gasteiger charge is 2.16. The Morgan fingerprint density at radius 3 is 2.76 bits per heavy atom. The average molecular weight is 295 g/mol. The van der Waals surface area contributed by atoms with Crippen molar-refractivity contribution in [3.63, 3.8) is 0 Å². The van der Waals surface area contributed by atoms with Crippen molar-refractivity contribution in [2.75, 3.05) is 24.3 Å². The lowest BCUT2D eigenvalue weighted by molar-refractivity contribution is 0.581. The number of rotatable bonds is 6. The molecule has 0 saturated carbocycles. The van der Waals surface area contributed by atoms with Gasteiger partial charge in [-0.15, -0.1) is 0 Å². The highest BCUT2D eigenvalue weighted by Crippen LogP contribution is 2.23. The molecular formula is C10H15ClN2O2S2. The van der Waals surface area contributed by atoms with Crippen molar-refractivity contribution in [2.45, 2.75) is 11.3 Å². The number of anilines is 1. The van der Waals surface area contributed by atoms with Gasteiger partial charge >= 0.3 is 0 Å². The molecule has 0 aliphatic rings. The van der Waals surface area contributed by atoms with Crippen LogP contribution in [0.3, 0.4) is 0 Å². The van der Waals surface area contributed by atoms with Crippen LogP contribution >= 0.6 is 23.4 Å². The van der Waals surface area contributed by atoms with Crippen LogP contribution in [0, 0.1) is 0 Å². The Hall–Kier alpha value is -0.430. The summed E-state index contributed by atoms with van der Waals surface area (Å²) in [6.45, 7) is 0.407. The number of nitrogens with one attached hydrogen (secondary N) is 1. The first-order valence-corrected chi connectivity index (χ1v) is 8.26. The van der Waals surface area contributed by atoms with Crippen LogP contribution in [0.2, 0.25) is 5.02 Å². The molecule has 0 heterocycles. The zero-order valence-electron chi connectivity index (χ0n) is 9.44. The molecule has 0 aliphatic heterocycles. The van der Waals surface area contributed by atoms with Crippen molar-refractivity contribution in [3.05, 3.63) is 23.2 Å². The van der Waals surface area contributed by atoms with Crippen molar-refractivity contribution in [1.82, 2.24) is 4.72 Å². The Morgan fingerprint density at radius 2 is 2.18 bits per heavy atom. The minimum atomic E-state index is -3.53. The molecule has 0 aromatic heterocycles. The zero-order valence-corrected chi connectivity index (χ0v) is 11.8. The van der Waals surface area contributed by atoms with E-state index in [4.69, 9.17) is 17.3 Å². The summed E-state index contributed by atoms with van der Waals surface area (Å²) in [5, 5.41) is 0.141. The van der Waals surface area contributed by atoms with Crippen LogP contribution in [0.4, 0.5) is 5.69 Å². The number of halogens is 1. The van der Waals surface area contributed by atoms with E-state index >= 15 is 0 Å². The van der Waals surface area contributed by atoms with Gasteiger partial charge in [0.1, 0.15) is 4.90 Å². The van der Waals surface area contributed by atoms with Crippen LogP contribution in [0.5, 0.6) is 0 Å². The molecule has 0 aliphatic carbocycles. The number of hydrogen-bond acceptors (Lipinski definition) is 4. The van der Waals surface area contributed by atoms with Gasteiger partial charge in [0.05, 0.1) is 5.02 Å². The Morgan fingerprint density at radius 1 is 1.47 bits per heavy atom. The third kappa shape index (κ3) is 4.39. The van der Waals surface area contributed by atoms with Crippen molar-refractivity contribution in [1.29, 1.82) is 0 Å². The summed E-state index contributed by atoms with van der Waals surface area (Å²) >= 11 is 7.53. The predicted octanol–water partition coefficient (Wildman–Crippen LogP) is 1.95. The molecule has 0 spiro atoms. The maximum absolute atomic E-state index is 11.9. The second-order valence-electron chi connectivity index (χ2n) is 3.43. The van der Waals surface area contributed by atoms with Crippen LogP contribution in [0.25, 0.3) is 0 Å². The Balaban J connectivity index is 2.76. The largest absolute Gasteiger partial charge is 0.399 e. The van der Waals surface area contributed by atoms with E-state index in [2.05, 4.69) is 4.72 Å². The number of benzene rings is 1. The monoisotopic (exact) mass is 294 g/mol. The molecule has 0 saturated heterocycles. The van der Waals surface area contributed by atoms with Crippen molar-refractivity contribution >= 4 is 39.1 Å². The van der Waals surface area contributed by atoms with E-state index < -0.39 is 10.0 Å². The van der Waals surface area contributed by atoms with E-state index in [1.807, 2.05) is 6.26 Å². The van der Waals surface area contributed by atoms with Gasteiger partial charge in [0, 0.05) is 12.2 Å². The first kappa shape index (κ1) is 14.6. The standard InChI is InChI=1S/C10H15ClN2O2S2/c1-16-6-2-5-13-17(14,15)10-4-3-8(12)7-9(10)11/h3-4,7,13H,2,5-6,12H2,1H3. The fourth-order valence-electron chi connectivity index (χ4n) is 1.24. The van der Waals surface area contributed by atoms with Crippen LogP contribution < -0.4 is 10.5 Å². The third-order valence-electron chi connectivity index (χ3n) is 2.06. The summed E-state index contributed by atoms with van der Waals surface area (Å²) in [5.41, 5.74) is 5.95. The Kier molecular flexibility index (Phi) is 5.58. The van der Waals surface area contributed by atoms with Crippen LogP contribution in [0.15, 0.2) is 23.1 Å². The van der Waals surface area contributed by atoms with Gasteiger partial charge in [0.2, 0.25) is 10.0 Å². The summed E-state index contributed by atoms with van der Waals surface area (Å²) in [5.74, 6) is 0.915. The molecular weight excluding hydrogens is 280 g/mol. The molecule has 17 heavy (non-hydrogen) atoms. The molecule has 0 bridgehead atoms. The first-order valence-electron chi connectivity index (χ1n) is 5.01. The van der Waals surface area contributed by atoms with Gasteiger partial charge in [0.25, 0.3) is 0 Å². The highest BCUT2D eigenvalue weighted by molar-refractivity contribution is 7.98. The third-order valence-corrected chi connectivity index (χ3v) is 4.70. The Bertz CT molecular complexity index is 477. The van der Waals surface area contributed by atoms with E-state index in [-0.39, 0.29) is 9.92 Å². The normalized spacial score (nSPS) is 11.6. The zero-order chi connectivity index (χ0) is 12.9. The van der Waals surface area contributed by atoms with E-state index in [1.54, 1.807) is 11.8 Å². The summed E-state index contributed by atoms with van der Waals surface area (Å²) < 4.78 is 26.3. The number of nitrogens with two attached hydrogens (primary N) is 1. The lowest BCUT2D eigenvalue weighted by atomic mass is 10.3. The van der Waals surface area contributed by atoms with Gasteiger partial charge in [-0.05, 0) is 36.6 Å². The second kappa shape index (κ2) is 6.49. The number of hydrogen-bond donors (Lipinski definition) is 2. The molecule has 7 heteroatoms. The highest BCUT2D eigenvalue weighted by atomic mass is 35.5. The number of nitrogen functional groups attached to an aromatic ring is 1. The smallest absolute Gasteiger partial charge is 0.242 e. The summed E-state index contributed by atoms with van der Waals surface area (Å²) in [4.78, 5) is 0.0671. The maximum Gasteiger partial charge on any atom is 0.242 e. The molecule has 96 valence electrons. The molecule has 1 rings (SSSR count). The summed E-state index contributed by atoms with van der Waals surface area (Å²) in [6.07, 6.45) is 2.76. The molecule has 4 nitrogen and oxygen atoms in total. The minimum absolute atomic E-state index is 0.0671. The average Bonchev–Trinajstić information content (AvgIpc) is 2.24. The molecule has 0 unspecified atom stereocenters. The summed E-state index contributed by atoms with van der Waals surface area (Å²) in [6, 6.07) is 4.36. The molecule has 3 N–H and O–H groups in total. The van der Waals surface area contributed by atoms with Gasteiger partial charge in [-0.25, -0.2) is 13.1 Å². The van der Waals surface area contributed by atoms with Gasteiger partial charge < -0.3 is 5.73 Å². The number of thioether (sulfide) groups is 1. The second-order valence-corrected chi connectivity index (χ2v) is 6.56. The van der Waals surface area contributed by atoms with Crippen LogP contribution in [-0.4, -0.2) is 27.0 Å². The molecule has 0 fully saturated rings. The lowest BCUT2D eigenvalue weighted by Crippen LogP contribution is -2.25. The SMILES string of the molecule is CSCCCNS(=O)(=O)c1ccc(N)cc1Cl. The fraction of sp³-hybridized carbons (Fsp3) is 0.400. The van der Waals surface area contributed by atoms with Gasteiger partial charge in [-0.1, -0.05) is 11.6 Å². The van der Waals surface area contributed by atoms with Crippen LogP contribution in [0.1, 0.15) is 6.42 Å². The fourth-order valence-corrected chi connectivity index (χ4v) is 3.29. The summed E-state index contributed by atoms with van der Waals surface area (Å²) in [7, 11) is -3.53. The molecule has 0 amide bonds. The lowest BCUT2D eigenvalue weighted by Gasteiger charge is -2.08. The maximum atomic E-state index is 11.9. The van der Waals surface area contributed by atoms with E-state index in [9.17, 15) is 8.42 Å². The van der Waals surface area contributed by atoms with Gasteiger partial charge in [0.15, 0.2) is 0 Å².